The van der Waals surface area contributed by atoms with Gasteiger partial charge in [0, 0.05) is 12.1 Å². The standard InChI is InChI=1S/C14H15FN4O2/c1-9-16-17-13-8-18(12(14(20)21)7-19(9)13)6-10-4-2-3-5-11(10)15/h2-5,12H,6-8H2,1H3,(H,20,21). The van der Waals surface area contributed by atoms with Gasteiger partial charge in [0.25, 0.3) is 0 Å². The van der Waals surface area contributed by atoms with E-state index in [0.717, 1.165) is 0 Å². The molecule has 1 aliphatic rings. The lowest BCUT2D eigenvalue weighted by atomic mass is 10.1. The first-order chi connectivity index (χ1) is 10.1. The van der Waals surface area contributed by atoms with Gasteiger partial charge in [0.05, 0.1) is 13.1 Å². The van der Waals surface area contributed by atoms with E-state index >= 15 is 0 Å². The number of aromatic nitrogens is 3. The molecular weight excluding hydrogens is 275 g/mol. The van der Waals surface area contributed by atoms with Crippen molar-refractivity contribution in [3.05, 3.63) is 47.3 Å². The van der Waals surface area contributed by atoms with Crippen LogP contribution in [-0.4, -0.2) is 36.8 Å². The SMILES string of the molecule is Cc1nnc2n1CC(C(=O)O)N(Cc1ccccc1F)C2. The van der Waals surface area contributed by atoms with Crippen molar-refractivity contribution < 1.29 is 14.3 Å². The third-order valence-corrected chi connectivity index (χ3v) is 3.77. The highest BCUT2D eigenvalue weighted by Gasteiger charge is 2.33. The van der Waals surface area contributed by atoms with Crippen molar-refractivity contribution in [1.29, 1.82) is 0 Å². The van der Waals surface area contributed by atoms with Crippen LogP contribution in [0, 0.1) is 12.7 Å². The third kappa shape index (κ3) is 2.52. The van der Waals surface area contributed by atoms with E-state index in [1.807, 2.05) is 0 Å². The maximum absolute atomic E-state index is 13.8. The lowest BCUT2D eigenvalue weighted by Crippen LogP contribution is -2.47. The molecule has 0 saturated heterocycles. The summed E-state index contributed by atoms with van der Waals surface area (Å²) < 4.78 is 15.6. The van der Waals surface area contributed by atoms with E-state index in [2.05, 4.69) is 10.2 Å². The van der Waals surface area contributed by atoms with Crippen molar-refractivity contribution >= 4 is 5.97 Å². The summed E-state index contributed by atoms with van der Waals surface area (Å²) in [5.74, 6) is 0.151. The Bertz CT molecular complexity index is 685. The van der Waals surface area contributed by atoms with Crippen LogP contribution in [0.15, 0.2) is 24.3 Å². The van der Waals surface area contributed by atoms with Gasteiger partial charge in [-0.3, -0.25) is 9.69 Å². The normalized spacial score (nSPS) is 18.5. The minimum absolute atomic E-state index is 0.232. The number of aryl methyl sites for hydroxylation is 1. The summed E-state index contributed by atoms with van der Waals surface area (Å²) in [4.78, 5) is 13.2. The minimum atomic E-state index is -0.926. The Balaban J connectivity index is 1.90. The third-order valence-electron chi connectivity index (χ3n) is 3.77. The van der Waals surface area contributed by atoms with Gasteiger partial charge in [-0.15, -0.1) is 10.2 Å². The summed E-state index contributed by atoms with van der Waals surface area (Å²) in [5.41, 5.74) is 0.480. The van der Waals surface area contributed by atoms with E-state index in [1.54, 1.807) is 34.6 Å². The van der Waals surface area contributed by atoms with Crippen LogP contribution >= 0.6 is 0 Å². The molecule has 0 bridgehead atoms. The zero-order chi connectivity index (χ0) is 15.0. The average molecular weight is 290 g/mol. The summed E-state index contributed by atoms with van der Waals surface area (Å²) in [7, 11) is 0. The Morgan fingerprint density at radius 1 is 1.43 bits per heavy atom. The highest BCUT2D eigenvalue weighted by atomic mass is 19.1. The number of aliphatic carboxylic acids is 1. The van der Waals surface area contributed by atoms with Gasteiger partial charge in [0.15, 0.2) is 0 Å². The second kappa shape index (κ2) is 5.25. The Hall–Kier alpha value is -2.28. The summed E-state index contributed by atoms with van der Waals surface area (Å²) in [5, 5.41) is 17.4. The summed E-state index contributed by atoms with van der Waals surface area (Å²) in [6.45, 7) is 2.64. The molecule has 2 aromatic rings. The smallest absolute Gasteiger partial charge is 0.322 e. The van der Waals surface area contributed by atoms with Crippen LogP contribution in [0.1, 0.15) is 17.2 Å². The summed E-state index contributed by atoms with van der Waals surface area (Å²) in [6.07, 6.45) is 0. The van der Waals surface area contributed by atoms with Gasteiger partial charge >= 0.3 is 5.97 Å². The quantitative estimate of drug-likeness (QED) is 0.919. The van der Waals surface area contributed by atoms with Gasteiger partial charge in [0.2, 0.25) is 0 Å². The Morgan fingerprint density at radius 3 is 2.90 bits per heavy atom. The number of carbonyl (C=O) groups is 1. The molecule has 6 nitrogen and oxygen atoms in total. The van der Waals surface area contributed by atoms with Crippen LogP contribution in [0.4, 0.5) is 4.39 Å². The molecular formula is C14H15FN4O2. The molecule has 1 aliphatic heterocycles. The maximum atomic E-state index is 13.8. The molecule has 110 valence electrons. The number of hydrogen-bond donors (Lipinski definition) is 1. The first kappa shape index (κ1) is 13.7. The predicted octanol–water partition coefficient (Wildman–Crippen LogP) is 1.19. The van der Waals surface area contributed by atoms with Crippen molar-refractivity contribution in [2.24, 2.45) is 0 Å². The van der Waals surface area contributed by atoms with Gasteiger partial charge in [-0.1, -0.05) is 18.2 Å². The van der Waals surface area contributed by atoms with Crippen LogP contribution in [-0.2, 0) is 24.4 Å². The van der Waals surface area contributed by atoms with Crippen LogP contribution < -0.4 is 0 Å². The van der Waals surface area contributed by atoms with E-state index in [0.29, 0.717) is 23.8 Å². The van der Waals surface area contributed by atoms with Crippen LogP contribution in [0.5, 0.6) is 0 Å². The zero-order valence-corrected chi connectivity index (χ0v) is 11.5. The number of halogens is 1. The molecule has 0 fully saturated rings. The van der Waals surface area contributed by atoms with Gasteiger partial charge in [0.1, 0.15) is 23.5 Å². The maximum Gasteiger partial charge on any atom is 0.322 e. The average Bonchev–Trinajstić information content (AvgIpc) is 2.81. The molecule has 0 spiro atoms. The van der Waals surface area contributed by atoms with E-state index < -0.39 is 12.0 Å². The topological polar surface area (TPSA) is 71.2 Å². The fourth-order valence-electron chi connectivity index (χ4n) is 2.61. The van der Waals surface area contributed by atoms with Crippen LogP contribution in [0.2, 0.25) is 0 Å². The molecule has 0 radical (unpaired) electrons. The Kier molecular flexibility index (Phi) is 3.42. The van der Waals surface area contributed by atoms with E-state index in [1.165, 1.54) is 6.07 Å². The molecule has 0 amide bonds. The summed E-state index contributed by atoms with van der Waals surface area (Å²) >= 11 is 0. The Morgan fingerprint density at radius 2 is 2.19 bits per heavy atom. The second-order valence-electron chi connectivity index (χ2n) is 5.12. The fourth-order valence-corrected chi connectivity index (χ4v) is 2.61. The largest absolute Gasteiger partial charge is 0.480 e. The first-order valence-corrected chi connectivity index (χ1v) is 6.65. The Labute approximate surface area is 120 Å². The molecule has 0 saturated carbocycles. The zero-order valence-electron chi connectivity index (χ0n) is 11.5. The number of nitrogens with zero attached hydrogens (tertiary/aromatic N) is 4. The number of benzene rings is 1. The number of fused-ring (bicyclic) bond motifs is 1. The van der Waals surface area contributed by atoms with Crippen molar-refractivity contribution in [3.8, 4) is 0 Å². The van der Waals surface area contributed by atoms with E-state index in [-0.39, 0.29) is 18.9 Å². The van der Waals surface area contributed by atoms with Crippen molar-refractivity contribution in [2.75, 3.05) is 0 Å². The predicted molar refractivity (Wildman–Crippen MR) is 71.8 cm³/mol. The molecule has 0 aliphatic carbocycles. The van der Waals surface area contributed by atoms with Gasteiger partial charge < -0.3 is 9.67 Å². The highest BCUT2D eigenvalue weighted by molar-refractivity contribution is 5.73. The van der Waals surface area contributed by atoms with E-state index in [9.17, 15) is 14.3 Å². The lowest BCUT2D eigenvalue weighted by molar-refractivity contribution is -0.145. The van der Waals surface area contributed by atoms with Gasteiger partial charge in [-0.2, -0.15) is 0 Å². The number of carboxylic acids is 1. The van der Waals surface area contributed by atoms with E-state index in [4.69, 9.17) is 0 Å². The van der Waals surface area contributed by atoms with Crippen LogP contribution in [0.3, 0.4) is 0 Å². The van der Waals surface area contributed by atoms with Gasteiger partial charge in [-0.25, -0.2) is 4.39 Å². The molecule has 1 aromatic heterocycles. The number of rotatable bonds is 3. The van der Waals surface area contributed by atoms with Crippen molar-refractivity contribution in [2.45, 2.75) is 32.6 Å². The number of carboxylic acid groups (broad SMARTS) is 1. The summed E-state index contributed by atoms with van der Waals surface area (Å²) in [6, 6.07) is 5.68. The van der Waals surface area contributed by atoms with Gasteiger partial charge in [-0.05, 0) is 13.0 Å². The molecule has 2 heterocycles. The molecule has 1 atom stereocenters. The lowest BCUT2D eigenvalue weighted by Gasteiger charge is -2.33. The van der Waals surface area contributed by atoms with Crippen molar-refractivity contribution in [1.82, 2.24) is 19.7 Å². The fraction of sp³-hybridized carbons (Fsp3) is 0.357. The molecule has 3 rings (SSSR count). The molecule has 1 N–H and O–H groups in total. The highest BCUT2D eigenvalue weighted by Crippen LogP contribution is 2.21. The molecule has 1 unspecified atom stereocenters. The second-order valence-corrected chi connectivity index (χ2v) is 5.12. The molecule has 7 heteroatoms. The monoisotopic (exact) mass is 290 g/mol. The van der Waals surface area contributed by atoms with Crippen LogP contribution in [0.25, 0.3) is 0 Å². The number of hydrogen-bond acceptors (Lipinski definition) is 4. The first-order valence-electron chi connectivity index (χ1n) is 6.65. The molecule has 21 heavy (non-hydrogen) atoms. The minimum Gasteiger partial charge on any atom is -0.480 e. The molecule has 1 aromatic carbocycles. The van der Waals surface area contributed by atoms with Crippen molar-refractivity contribution in [3.63, 3.8) is 0 Å².